The molecule has 0 aliphatic heterocycles. The standard InChI is InChI=1S/C27H30ClN5O6.ClH/c1-15(34)38-14-23(35)30-18-7-10-21-20(12-18)24(32-26(36)16-4-8-19(9-5-16)33(2)3)25(39-21)27(37)31-22-11-6-17(28)13-29-22;/h6-7,10-13,16,19H,4-5,8-9,14H2,1-3H3,(H,30,35)(H,32,36)(H,29,31,37);1H/t16-,19-;. The van der Waals surface area contributed by atoms with Crippen LogP contribution in [0.15, 0.2) is 40.9 Å². The first-order valence-electron chi connectivity index (χ1n) is 12.5. The van der Waals surface area contributed by atoms with Gasteiger partial charge in [-0.05, 0) is 70.1 Å². The van der Waals surface area contributed by atoms with E-state index in [1.807, 2.05) is 14.1 Å². The van der Waals surface area contributed by atoms with E-state index in [0.717, 1.165) is 25.7 Å². The maximum Gasteiger partial charge on any atom is 0.303 e. The zero-order valence-electron chi connectivity index (χ0n) is 22.3. The van der Waals surface area contributed by atoms with Crippen molar-refractivity contribution >= 4 is 75.9 Å². The number of amides is 3. The molecule has 1 fully saturated rings. The third-order valence-corrected chi connectivity index (χ3v) is 6.82. The summed E-state index contributed by atoms with van der Waals surface area (Å²) in [6.07, 6.45) is 4.63. The van der Waals surface area contributed by atoms with E-state index in [9.17, 15) is 19.2 Å². The Hall–Kier alpha value is -3.67. The normalized spacial score (nSPS) is 16.6. The van der Waals surface area contributed by atoms with Gasteiger partial charge in [0.15, 0.2) is 6.61 Å². The molecule has 3 amide bonds. The first kappa shape index (κ1) is 30.9. The molecule has 1 aliphatic rings. The van der Waals surface area contributed by atoms with Crippen molar-refractivity contribution in [1.29, 1.82) is 0 Å². The minimum atomic E-state index is -0.618. The molecule has 2 aromatic heterocycles. The highest BCUT2D eigenvalue weighted by molar-refractivity contribution is 6.30. The van der Waals surface area contributed by atoms with E-state index in [-0.39, 0.29) is 41.5 Å². The third kappa shape index (κ3) is 7.71. The Morgan fingerprint density at radius 2 is 1.77 bits per heavy atom. The lowest BCUT2D eigenvalue weighted by Gasteiger charge is -2.31. The number of hydrogen-bond donors (Lipinski definition) is 3. The van der Waals surface area contributed by atoms with E-state index in [1.165, 1.54) is 13.1 Å². The molecule has 2 heterocycles. The van der Waals surface area contributed by atoms with Crippen LogP contribution >= 0.6 is 24.0 Å². The van der Waals surface area contributed by atoms with Crippen molar-refractivity contribution in [2.45, 2.75) is 38.6 Å². The summed E-state index contributed by atoms with van der Waals surface area (Å²) in [6.45, 7) is 0.762. The number of anilines is 3. The van der Waals surface area contributed by atoms with Crippen LogP contribution < -0.4 is 16.0 Å². The number of pyridine rings is 1. The smallest absolute Gasteiger partial charge is 0.303 e. The molecule has 3 N–H and O–H groups in total. The second kappa shape index (κ2) is 13.6. The van der Waals surface area contributed by atoms with Crippen molar-refractivity contribution in [2.75, 3.05) is 36.7 Å². The molecule has 3 aromatic rings. The van der Waals surface area contributed by atoms with Crippen LogP contribution in [0.1, 0.15) is 43.2 Å². The van der Waals surface area contributed by atoms with Gasteiger partial charge in [0, 0.05) is 36.2 Å². The van der Waals surface area contributed by atoms with Crippen molar-refractivity contribution in [2.24, 2.45) is 5.92 Å². The van der Waals surface area contributed by atoms with E-state index >= 15 is 0 Å². The van der Waals surface area contributed by atoms with E-state index in [0.29, 0.717) is 27.7 Å². The van der Waals surface area contributed by atoms with Crippen LogP contribution in [0.3, 0.4) is 0 Å². The molecule has 11 nitrogen and oxygen atoms in total. The van der Waals surface area contributed by atoms with Crippen molar-refractivity contribution in [3.63, 3.8) is 0 Å². The summed E-state index contributed by atoms with van der Waals surface area (Å²) in [6, 6.07) is 8.29. The number of carbonyl (C=O) groups is 4. The number of ether oxygens (including phenoxy) is 1. The number of benzene rings is 1. The Morgan fingerprint density at radius 1 is 1.05 bits per heavy atom. The Bertz CT molecular complexity index is 1380. The molecule has 214 valence electrons. The molecule has 0 radical (unpaired) electrons. The van der Waals surface area contributed by atoms with Gasteiger partial charge < -0.3 is 30.0 Å². The number of aromatic nitrogens is 1. The quantitative estimate of drug-likeness (QED) is 0.319. The second-order valence-corrected chi connectivity index (χ2v) is 10.1. The monoisotopic (exact) mass is 591 g/mol. The Kier molecular flexibility index (Phi) is 10.5. The predicted octanol–water partition coefficient (Wildman–Crippen LogP) is 4.72. The molecule has 1 aromatic carbocycles. The van der Waals surface area contributed by atoms with Gasteiger partial charge in [0.2, 0.25) is 11.7 Å². The molecule has 13 heteroatoms. The Labute approximate surface area is 242 Å². The van der Waals surface area contributed by atoms with Crippen molar-refractivity contribution in [3.8, 4) is 0 Å². The maximum absolute atomic E-state index is 13.3. The van der Waals surface area contributed by atoms with Crippen molar-refractivity contribution in [3.05, 3.63) is 47.3 Å². The predicted molar refractivity (Wildman–Crippen MR) is 154 cm³/mol. The summed E-state index contributed by atoms with van der Waals surface area (Å²) in [5, 5.41) is 9.04. The molecule has 4 rings (SSSR count). The van der Waals surface area contributed by atoms with E-state index in [1.54, 1.807) is 30.3 Å². The lowest BCUT2D eigenvalue weighted by Crippen LogP contribution is -2.35. The van der Waals surface area contributed by atoms with E-state index in [4.69, 9.17) is 20.8 Å². The fourth-order valence-electron chi connectivity index (χ4n) is 4.53. The van der Waals surface area contributed by atoms with Crippen LogP contribution in [0, 0.1) is 5.92 Å². The molecule has 0 atom stereocenters. The zero-order chi connectivity index (χ0) is 28.1. The summed E-state index contributed by atoms with van der Waals surface area (Å²) in [7, 11) is 4.07. The van der Waals surface area contributed by atoms with Crippen LogP contribution in [0.4, 0.5) is 17.2 Å². The number of nitrogens with zero attached hydrogens (tertiary/aromatic N) is 2. The highest BCUT2D eigenvalue weighted by Crippen LogP contribution is 2.35. The van der Waals surface area contributed by atoms with Gasteiger partial charge in [0.25, 0.3) is 11.8 Å². The van der Waals surface area contributed by atoms with Crippen LogP contribution in [0.25, 0.3) is 11.0 Å². The molecule has 1 aliphatic carbocycles. The van der Waals surface area contributed by atoms with Gasteiger partial charge in [0.05, 0.1) is 5.02 Å². The number of rotatable bonds is 8. The summed E-state index contributed by atoms with van der Waals surface area (Å²) >= 11 is 5.89. The highest BCUT2D eigenvalue weighted by Gasteiger charge is 2.30. The molecule has 40 heavy (non-hydrogen) atoms. The van der Waals surface area contributed by atoms with E-state index in [2.05, 4.69) is 25.8 Å². The van der Waals surface area contributed by atoms with Gasteiger partial charge in [-0.15, -0.1) is 12.4 Å². The average Bonchev–Trinajstić information content (AvgIpc) is 3.26. The lowest BCUT2D eigenvalue weighted by atomic mass is 9.85. The average molecular weight is 592 g/mol. The van der Waals surface area contributed by atoms with Gasteiger partial charge in [-0.2, -0.15) is 0 Å². The summed E-state index contributed by atoms with van der Waals surface area (Å²) in [5.74, 6) is -2.02. The first-order chi connectivity index (χ1) is 18.6. The summed E-state index contributed by atoms with van der Waals surface area (Å²) in [4.78, 5) is 56.0. The van der Waals surface area contributed by atoms with E-state index < -0.39 is 24.4 Å². The van der Waals surface area contributed by atoms with Crippen LogP contribution in [0.5, 0.6) is 0 Å². The number of halogens is 2. The summed E-state index contributed by atoms with van der Waals surface area (Å²) < 4.78 is 10.6. The van der Waals surface area contributed by atoms with Gasteiger partial charge in [0.1, 0.15) is 17.1 Å². The number of carbonyl (C=O) groups excluding carboxylic acids is 4. The molecule has 0 bridgehead atoms. The van der Waals surface area contributed by atoms with Gasteiger partial charge in [-0.25, -0.2) is 4.98 Å². The van der Waals surface area contributed by atoms with Crippen molar-refractivity contribution < 1.29 is 28.3 Å². The number of hydrogen-bond acceptors (Lipinski definition) is 8. The Morgan fingerprint density at radius 3 is 2.40 bits per heavy atom. The molecular weight excluding hydrogens is 561 g/mol. The lowest BCUT2D eigenvalue weighted by molar-refractivity contribution is -0.144. The number of nitrogens with one attached hydrogen (secondary N) is 3. The van der Waals surface area contributed by atoms with Gasteiger partial charge in [-0.3, -0.25) is 19.2 Å². The minimum absolute atomic E-state index is 0. The second-order valence-electron chi connectivity index (χ2n) is 9.62. The summed E-state index contributed by atoms with van der Waals surface area (Å²) in [5.41, 5.74) is 0.884. The highest BCUT2D eigenvalue weighted by atomic mass is 35.5. The van der Waals surface area contributed by atoms with Crippen LogP contribution in [0.2, 0.25) is 5.02 Å². The molecule has 0 unspecified atom stereocenters. The number of fused-ring (bicyclic) bond motifs is 1. The van der Waals surface area contributed by atoms with Gasteiger partial charge >= 0.3 is 5.97 Å². The van der Waals surface area contributed by atoms with Crippen molar-refractivity contribution in [1.82, 2.24) is 9.88 Å². The molecule has 0 saturated heterocycles. The number of esters is 1. The molecule has 1 saturated carbocycles. The zero-order valence-corrected chi connectivity index (χ0v) is 23.9. The maximum atomic E-state index is 13.3. The third-order valence-electron chi connectivity index (χ3n) is 6.60. The molecule has 0 spiro atoms. The Balaban J connectivity index is 0.00000441. The fourth-order valence-corrected chi connectivity index (χ4v) is 4.64. The fraction of sp³-hybridized carbons (Fsp3) is 0.370. The number of furan rings is 1. The van der Waals surface area contributed by atoms with Crippen LogP contribution in [-0.2, 0) is 19.1 Å². The topological polar surface area (TPSA) is 143 Å². The van der Waals surface area contributed by atoms with Gasteiger partial charge in [-0.1, -0.05) is 11.6 Å². The minimum Gasteiger partial charge on any atom is -0.456 e. The SMILES string of the molecule is CC(=O)OCC(=O)Nc1ccc2oc(C(=O)Nc3ccc(Cl)cn3)c(NC(=O)[C@H]3CC[C@H](N(C)C)CC3)c2c1.Cl. The van der Waals surface area contributed by atoms with Crippen LogP contribution in [-0.4, -0.2) is 60.3 Å². The molecular formula is C27H31Cl2N5O6. The first-order valence-corrected chi connectivity index (χ1v) is 12.9. The largest absolute Gasteiger partial charge is 0.456 e.